The minimum Gasteiger partial charge on any atom is -0.492 e. The molecule has 0 N–H and O–H groups in total. The Hall–Kier alpha value is -2.96. The van der Waals surface area contributed by atoms with Gasteiger partial charge in [0, 0.05) is 24.7 Å². The van der Waals surface area contributed by atoms with Crippen molar-refractivity contribution in [2.75, 3.05) is 19.7 Å². The van der Waals surface area contributed by atoms with Crippen LogP contribution < -0.4 is 4.74 Å². The lowest BCUT2D eigenvalue weighted by molar-refractivity contribution is -0.138. The second kappa shape index (κ2) is 6.89. The van der Waals surface area contributed by atoms with Crippen LogP contribution >= 0.6 is 0 Å². The standard InChI is InChI=1S/C21H23N5O2/c1-14-9-18(26-21(24-14)22-13-23-26)16-6-4-8-25(11-16)20(27)17-10-15-5-2-3-7-19(15)28-12-17/h2-3,5,7,9,13,16-17H,4,6,8,10-12H2,1H3. The minimum absolute atomic E-state index is 0.112. The lowest BCUT2D eigenvalue weighted by atomic mass is 9.91. The van der Waals surface area contributed by atoms with Crippen LogP contribution in [0.1, 0.15) is 35.7 Å². The second-order valence-corrected chi connectivity index (χ2v) is 7.74. The fraction of sp³-hybridized carbons (Fsp3) is 0.429. The Morgan fingerprint density at radius 3 is 3.11 bits per heavy atom. The largest absolute Gasteiger partial charge is 0.492 e. The van der Waals surface area contributed by atoms with Gasteiger partial charge in [0.05, 0.1) is 11.6 Å². The van der Waals surface area contributed by atoms with Gasteiger partial charge in [0.25, 0.3) is 5.78 Å². The molecule has 1 fully saturated rings. The number of para-hydroxylation sites is 1. The van der Waals surface area contributed by atoms with Crippen molar-refractivity contribution in [1.82, 2.24) is 24.5 Å². The third-order valence-corrected chi connectivity index (χ3v) is 5.79. The molecule has 2 atom stereocenters. The van der Waals surface area contributed by atoms with Crippen LogP contribution in [-0.2, 0) is 11.2 Å². The summed E-state index contributed by atoms with van der Waals surface area (Å²) in [4.78, 5) is 23.9. The van der Waals surface area contributed by atoms with Crippen molar-refractivity contribution in [2.45, 2.75) is 32.1 Å². The molecule has 4 heterocycles. The van der Waals surface area contributed by atoms with Crippen LogP contribution in [0.2, 0.25) is 0 Å². The summed E-state index contributed by atoms with van der Waals surface area (Å²) < 4.78 is 7.66. The predicted molar refractivity (Wildman–Crippen MR) is 103 cm³/mol. The number of hydrogen-bond acceptors (Lipinski definition) is 5. The summed E-state index contributed by atoms with van der Waals surface area (Å²) in [5.41, 5.74) is 3.13. The van der Waals surface area contributed by atoms with Gasteiger partial charge >= 0.3 is 0 Å². The molecule has 144 valence electrons. The highest BCUT2D eigenvalue weighted by atomic mass is 16.5. The number of amides is 1. The second-order valence-electron chi connectivity index (χ2n) is 7.74. The Labute approximate surface area is 163 Å². The Kier molecular flexibility index (Phi) is 4.22. The van der Waals surface area contributed by atoms with Crippen LogP contribution in [0.3, 0.4) is 0 Å². The van der Waals surface area contributed by atoms with Gasteiger partial charge in [-0.15, -0.1) is 0 Å². The van der Waals surface area contributed by atoms with Crippen LogP contribution in [0.15, 0.2) is 36.7 Å². The topological polar surface area (TPSA) is 72.6 Å². The molecule has 2 aliphatic rings. The Bertz CT molecular complexity index is 1030. The number of ether oxygens (including phenoxy) is 1. The first kappa shape index (κ1) is 17.2. The lowest BCUT2D eigenvalue weighted by Crippen LogP contribution is -2.45. The van der Waals surface area contributed by atoms with Gasteiger partial charge < -0.3 is 9.64 Å². The van der Waals surface area contributed by atoms with E-state index < -0.39 is 0 Å². The van der Waals surface area contributed by atoms with E-state index in [1.807, 2.05) is 34.5 Å². The molecule has 0 aliphatic carbocycles. The van der Waals surface area contributed by atoms with E-state index in [0.717, 1.165) is 48.5 Å². The number of aromatic nitrogens is 4. The first-order chi connectivity index (χ1) is 13.7. The number of carbonyl (C=O) groups is 1. The van der Waals surface area contributed by atoms with Gasteiger partial charge in [-0.3, -0.25) is 4.79 Å². The monoisotopic (exact) mass is 377 g/mol. The number of aryl methyl sites for hydroxylation is 1. The molecule has 0 bridgehead atoms. The van der Waals surface area contributed by atoms with E-state index in [-0.39, 0.29) is 17.7 Å². The molecular weight excluding hydrogens is 354 g/mol. The molecule has 1 aromatic carbocycles. The number of fused-ring (bicyclic) bond motifs is 2. The predicted octanol–water partition coefficient (Wildman–Crippen LogP) is 2.39. The zero-order valence-electron chi connectivity index (χ0n) is 15.9. The summed E-state index contributed by atoms with van der Waals surface area (Å²) in [7, 11) is 0. The van der Waals surface area contributed by atoms with E-state index in [1.165, 1.54) is 6.33 Å². The average Bonchev–Trinajstić information content (AvgIpc) is 3.20. The van der Waals surface area contributed by atoms with Gasteiger partial charge in [-0.05, 0) is 43.9 Å². The number of benzene rings is 1. The van der Waals surface area contributed by atoms with Crippen molar-refractivity contribution >= 4 is 11.7 Å². The van der Waals surface area contributed by atoms with E-state index in [0.29, 0.717) is 18.9 Å². The summed E-state index contributed by atoms with van der Waals surface area (Å²) in [6.07, 6.45) is 4.30. The maximum absolute atomic E-state index is 13.2. The SMILES string of the molecule is Cc1cc(C2CCCN(C(=O)C3COc4ccccc4C3)C2)n2ncnc2n1. The van der Waals surface area contributed by atoms with Crippen molar-refractivity contribution in [3.05, 3.63) is 53.6 Å². The van der Waals surface area contributed by atoms with Crippen molar-refractivity contribution < 1.29 is 9.53 Å². The number of hydrogen-bond donors (Lipinski definition) is 0. The van der Waals surface area contributed by atoms with Crippen LogP contribution in [0, 0.1) is 12.8 Å². The van der Waals surface area contributed by atoms with Gasteiger partial charge in [-0.25, -0.2) is 9.50 Å². The molecule has 2 unspecified atom stereocenters. The van der Waals surface area contributed by atoms with E-state index >= 15 is 0 Å². The third-order valence-electron chi connectivity index (χ3n) is 5.79. The molecule has 2 aromatic heterocycles. The molecular formula is C21H23N5O2. The van der Waals surface area contributed by atoms with Crippen LogP contribution in [0.5, 0.6) is 5.75 Å². The minimum atomic E-state index is -0.112. The molecule has 0 radical (unpaired) electrons. The average molecular weight is 377 g/mol. The number of nitrogens with zero attached hydrogens (tertiary/aromatic N) is 5. The maximum Gasteiger partial charge on any atom is 0.252 e. The Morgan fingerprint density at radius 1 is 1.29 bits per heavy atom. The fourth-order valence-electron chi connectivity index (χ4n) is 4.41. The van der Waals surface area contributed by atoms with Crippen molar-refractivity contribution in [3.8, 4) is 5.75 Å². The molecule has 7 nitrogen and oxygen atoms in total. The van der Waals surface area contributed by atoms with E-state index in [1.54, 1.807) is 0 Å². The van der Waals surface area contributed by atoms with Crippen LogP contribution in [0.4, 0.5) is 0 Å². The van der Waals surface area contributed by atoms with Gasteiger partial charge in [0.1, 0.15) is 18.7 Å². The zero-order chi connectivity index (χ0) is 19.1. The first-order valence-electron chi connectivity index (χ1n) is 9.86. The quantitative estimate of drug-likeness (QED) is 0.686. The Balaban J connectivity index is 1.36. The smallest absolute Gasteiger partial charge is 0.252 e. The Morgan fingerprint density at radius 2 is 2.18 bits per heavy atom. The molecule has 1 amide bonds. The van der Waals surface area contributed by atoms with E-state index in [2.05, 4.69) is 27.2 Å². The van der Waals surface area contributed by atoms with E-state index in [9.17, 15) is 4.79 Å². The highest BCUT2D eigenvalue weighted by Gasteiger charge is 2.33. The molecule has 3 aromatic rings. The molecule has 5 rings (SSSR count). The van der Waals surface area contributed by atoms with Crippen LogP contribution in [0.25, 0.3) is 5.78 Å². The number of rotatable bonds is 2. The van der Waals surface area contributed by atoms with E-state index in [4.69, 9.17) is 4.74 Å². The van der Waals surface area contributed by atoms with Crippen LogP contribution in [-0.4, -0.2) is 50.1 Å². The normalized spacial score (nSPS) is 22.0. The summed E-state index contributed by atoms with van der Waals surface area (Å²) in [6.45, 7) is 3.94. The number of likely N-dealkylation sites (tertiary alicyclic amines) is 1. The van der Waals surface area contributed by atoms with Gasteiger partial charge in [0.15, 0.2) is 0 Å². The summed E-state index contributed by atoms with van der Waals surface area (Å²) in [5, 5.41) is 4.34. The third kappa shape index (κ3) is 3.00. The molecule has 0 saturated carbocycles. The zero-order valence-corrected chi connectivity index (χ0v) is 15.9. The molecule has 0 spiro atoms. The molecule has 28 heavy (non-hydrogen) atoms. The first-order valence-corrected chi connectivity index (χ1v) is 9.86. The highest BCUT2D eigenvalue weighted by molar-refractivity contribution is 5.80. The van der Waals surface area contributed by atoms with Gasteiger partial charge in [0.2, 0.25) is 5.91 Å². The number of carbonyl (C=O) groups excluding carboxylic acids is 1. The highest BCUT2D eigenvalue weighted by Crippen LogP contribution is 2.31. The van der Waals surface area contributed by atoms with Gasteiger partial charge in [-0.1, -0.05) is 18.2 Å². The summed E-state index contributed by atoms with van der Waals surface area (Å²) in [5.74, 6) is 1.85. The fourth-order valence-corrected chi connectivity index (χ4v) is 4.41. The molecule has 2 aliphatic heterocycles. The summed E-state index contributed by atoms with van der Waals surface area (Å²) >= 11 is 0. The molecule has 1 saturated heterocycles. The maximum atomic E-state index is 13.2. The number of piperidine rings is 1. The van der Waals surface area contributed by atoms with Crippen molar-refractivity contribution in [1.29, 1.82) is 0 Å². The lowest BCUT2D eigenvalue weighted by Gasteiger charge is -2.36. The van der Waals surface area contributed by atoms with Crippen molar-refractivity contribution in [3.63, 3.8) is 0 Å². The molecule has 7 heteroatoms. The summed E-state index contributed by atoms with van der Waals surface area (Å²) in [6, 6.07) is 10.1. The van der Waals surface area contributed by atoms with Crippen molar-refractivity contribution in [2.24, 2.45) is 5.92 Å². The van der Waals surface area contributed by atoms with Gasteiger partial charge in [-0.2, -0.15) is 10.1 Å².